The predicted molar refractivity (Wildman–Crippen MR) is 152 cm³/mol. The van der Waals surface area contributed by atoms with Gasteiger partial charge in [-0.1, -0.05) is 46.7 Å². The fraction of sp³-hybridized carbons (Fsp3) is 0.286. The van der Waals surface area contributed by atoms with Gasteiger partial charge in [0.25, 0.3) is 5.56 Å². The van der Waals surface area contributed by atoms with Crippen LogP contribution in [0.1, 0.15) is 37.9 Å². The molecule has 0 unspecified atom stereocenters. The van der Waals surface area contributed by atoms with E-state index < -0.39 is 18.0 Å². The molecule has 0 N–H and O–H groups in total. The number of ether oxygens (including phenoxy) is 4. The van der Waals surface area contributed by atoms with Crippen LogP contribution in [0.15, 0.2) is 57.5 Å². The highest BCUT2D eigenvalue weighted by molar-refractivity contribution is 7.07. The molecule has 4 rings (SSSR count). The highest BCUT2D eigenvalue weighted by atomic mass is 35.5. The van der Waals surface area contributed by atoms with Crippen LogP contribution in [0.2, 0.25) is 10.0 Å². The summed E-state index contributed by atoms with van der Waals surface area (Å²) in [6.45, 7) is 5.34. The Kier molecular flexibility index (Phi) is 9.34. The van der Waals surface area contributed by atoms with Crippen LogP contribution in [-0.2, 0) is 19.1 Å². The Morgan fingerprint density at radius 1 is 1.07 bits per heavy atom. The van der Waals surface area contributed by atoms with E-state index in [1.54, 1.807) is 63.2 Å². The van der Waals surface area contributed by atoms with E-state index in [4.69, 9.17) is 37.4 Å². The second-order valence-corrected chi connectivity index (χ2v) is 10.3. The quantitative estimate of drug-likeness (QED) is 0.339. The number of hydrogen-bond donors (Lipinski definition) is 0. The van der Waals surface area contributed by atoms with Gasteiger partial charge in [-0.05, 0) is 62.2 Å². The van der Waals surface area contributed by atoms with E-state index in [1.165, 1.54) is 23.0 Å². The Labute approximate surface area is 243 Å². The molecule has 1 aromatic heterocycles. The van der Waals surface area contributed by atoms with Crippen molar-refractivity contribution in [2.24, 2.45) is 4.99 Å². The van der Waals surface area contributed by atoms with Crippen molar-refractivity contribution in [3.05, 3.63) is 88.5 Å². The van der Waals surface area contributed by atoms with Crippen LogP contribution in [0.4, 0.5) is 0 Å². The van der Waals surface area contributed by atoms with E-state index in [0.717, 1.165) is 0 Å². The molecule has 40 heavy (non-hydrogen) atoms. The smallest absolute Gasteiger partial charge is 0.343 e. The molecule has 2 heterocycles. The Balaban J connectivity index is 1.91. The second-order valence-electron chi connectivity index (χ2n) is 8.47. The number of benzene rings is 2. The average molecular weight is 605 g/mol. The summed E-state index contributed by atoms with van der Waals surface area (Å²) in [6.07, 6.45) is 1.66. The van der Waals surface area contributed by atoms with Crippen LogP contribution in [0.5, 0.6) is 11.5 Å². The molecule has 1 aliphatic heterocycles. The fourth-order valence-electron chi connectivity index (χ4n) is 4.14. The van der Waals surface area contributed by atoms with Crippen LogP contribution < -0.4 is 24.4 Å². The van der Waals surface area contributed by atoms with E-state index in [2.05, 4.69) is 9.73 Å². The van der Waals surface area contributed by atoms with E-state index in [1.807, 2.05) is 0 Å². The largest absolute Gasteiger partial charge is 0.490 e. The molecule has 0 saturated heterocycles. The summed E-state index contributed by atoms with van der Waals surface area (Å²) in [5.74, 6) is -0.508. The number of rotatable bonds is 9. The molecule has 0 spiro atoms. The molecule has 0 saturated carbocycles. The summed E-state index contributed by atoms with van der Waals surface area (Å²) in [6, 6.07) is 9.11. The van der Waals surface area contributed by atoms with Crippen LogP contribution in [0.3, 0.4) is 0 Å². The summed E-state index contributed by atoms with van der Waals surface area (Å²) >= 11 is 13.6. The first-order valence-corrected chi connectivity index (χ1v) is 13.9. The zero-order valence-corrected chi connectivity index (χ0v) is 24.5. The van der Waals surface area contributed by atoms with E-state index in [9.17, 15) is 14.4 Å². The molecule has 0 bridgehead atoms. The first-order chi connectivity index (χ1) is 19.2. The summed E-state index contributed by atoms with van der Waals surface area (Å²) in [4.78, 5) is 43.6. The van der Waals surface area contributed by atoms with Crippen molar-refractivity contribution in [1.29, 1.82) is 0 Å². The molecule has 0 radical (unpaired) electrons. The molecular weight excluding hydrogens is 579 g/mol. The van der Waals surface area contributed by atoms with E-state index in [-0.39, 0.29) is 24.3 Å². The van der Waals surface area contributed by atoms with Gasteiger partial charge in [-0.2, -0.15) is 0 Å². The Hall–Kier alpha value is -3.60. The number of aromatic nitrogens is 1. The van der Waals surface area contributed by atoms with Gasteiger partial charge in [-0.15, -0.1) is 0 Å². The highest BCUT2D eigenvalue weighted by Crippen LogP contribution is 2.36. The van der Waals surface area contributed by atoms with Gasteiger partial charge in [0.05, 0.1) is 42.2 Å². The third kappa shape index (κ3) is 6.09. The predicted octanol–water partition coefficient (Wildman–Crippen LogP) is 4.06. The zero-order valence-electron chi connectivity index (χ0n) is 22.2. The standard InChI is InChI=1S/C28H26Cl2N2O7S/c1-5-37-21-11-17(8-10-20(21)39-14-23(33)36-4)25-24(27(35)38-6-2)15(3)31-28-32(25)26(34)22(40-28)12-16-7-9-18(29)13-19(16)30/h7-13,25H,5-6,14H2,1-4H3/b22-12-/t25-/m1/s1. The van der Waals surface area contributed by atoms with Gasteiger partial charge in [0.2, 0.25) is 0 Å². The van der Waals surface area contributed by atoms with Gasteiger partial charge in [0.1, 0.15) is 0 Å². The number of hydrogen-bond acceptors (Lipinski definition) is 9. The van der Waals surface area contributed by atoms with Crippen molar-refractivity contribution in [3.8, 4) is 11.5 Å². The monoisotopic (exact) mass is 604 g/mol. The van der Waals surface area contributed by atoms with Crippen molar-refractivity contribution >= 4 is 52.6 Å². The summed E-state index contributed by atoms with van der Waals surface area (Å²) in [7, 11) is 1.26. The van der Waals surface area contributed by atoms with Gasteiger partial charge >= 0.3 is 11.9 Å². The lowest BCUT2D eigenvalue weighted by molar-refractivity contribution is -0.143. The number of carbonyl (C=O) groups is 2. The van der Waals surface area contributed by atoms with Gasteiger partial charge < -0.3 is 18.9 Å². The number of nitrogens with zero attached hydrogens (tertiary/aromatic N) is 2. The topological polar surface area (TPSA) is 105 Å². The average Bonchev–Trinajstić information content (AvgIpc) is 3.22. The minimum atomic E-state index is -0.869. The van der Waals surface area contributed by atoms with Crippen molar-refractivity contribution in [1.82, 2.24) is 4.57 Å². The molecule has 1 aliphatic rings. The maximum Gasteiger partial charge on any atom is 0.343 e. The fourth-order valence-corrected chi connectivity index (χ4v) is 5.65. The number of carbonyl (C=O) groups excluding carboxylic acids is 2. The Morgan fingerprint density at radius 3 is 2.52 bits per heavy atom. The van der Waals surface area contributed by atoms with Gasteiger partial charge in [0.15, 0.2) is 22.9 Å². The molecule has 0 aliphatic carbocycles. The number of halogens is 2. The molecule has 0 fully saturated rings. The number of thiazole rings is 1. The summed E-state index contributed by atoms with van der Waals surface area (Å²) in [5.41, 5.74) is 1.45. The maximum absolute atomic E-state index is 13.8. The second kappa shape index (κ2) is 12.7. The molecule has 1 atom stereocenters. The maximum atomic E-state index is 13.8. The van der Waals surface area contributed by atoms with Gasteiger partial charge in [0, 0.05) is 10.0 Å². The minimum absolute atomic E-state index is 0.145. The summed E-state index contributed by atoms with van der Waals surface area (Å²) in [5, 5.41) is 0.865. The molecule has 12 heteroatoms. The number of esters is 2. The van der Waals surface area contributed by atoms with Crippen molar-refractivity contribution in [2.45, 2.75) is 26.8 Å². The first-order valence-electron chi connectivity index (χ1n) is 12.3. The number of methoxy groups -OCH3 is 1. The van der Waals surface area contributed by atoms with Crippen LogP contribution in [-0.4, -0.2) is 43.4 Å². The van der Waals surface area contributed by atoms with Crippen molar-refractivity contribution < 1.29 is 28.5 Å². The Morgan fingerprint density at radius 2 is 1.85 bits per heavy atom. The number of allylic oxidation sites excluding steroid dienone is 1. The molecule has 2 aromatic carbocycles. The highest BCUT2D eigenvalue weighted by Gasteiger charge is 2.34. The molecular formula is C28H26Cl2N2O7S. The normalized spacial score (nSPS) is 14.8. The van der Waals surface area contributed by atoms with Crippen LogP contribution in [0.25, 0.3) is 6.08 Å². The molecule has 9 nitrogen and oxygen atoms in total. The SMILES string of the molecule is CCOC(=O)C1=C(C)N=c2s/c(=C\c3ccc(Cl)cc3Cl)c(=O)n2[C@@H]1c1ccc(OCC(=O)OC)c(OCC)c1. The van der Waals surface area contributed by atoms with Crippen LogP contribution >= 0.6 is 34.5 Å². The zero-order chi connectivity index (χ0) is 29.0. The lowest BCUT2D eigenvalue weighted by atomic mass is 9.95. The van der Waals surface area contributed by atoms with Gasteiger partial charge in [-0.3, -0.25) is 9.36 Å². The van der Waals surface area contributed by atoms with E-state index >= 15 is 0 Å². The Bertz CT molecular complexity index is 1680. The third-order valence-corrected chi connectivity index (χ3v) is 7.47. The lowest BCUT2D eigenvalue weighted by Crippen LogP contribution is -2.40. The lowest BCUT2D eigenvalue weighted by Gasteiger charge is -2.25. The minimum Gasteiger partial charge on any atom is -0.490 e. The molecule has 3 aromatic rings. The van der Waals surface area contributed by atoms with Gasteiger partial charge in [-0.25, -0.2) is 14.6 Å². The number of fused-ring (bicyclic) bond motifs is 1. The van der Waals surface area contributed by atoms with Crippen molar-refractivity contribution in [2.75, 3.05) is 26.9 Å². The third-order valence-electron chi connectivity index (χ3n) is 5.92. The first kappa shape index (κ1) is 29.4. The molecule has 210 valence electrons. The van der Waals surface area contributed by atoms with E-state index in [0.29, 0.717) is 54.3 Å². The van der Waals surface area contributed by atoms with Crippen LogP contribution in [0, 0.1) is 0 Å². The molecule has 0 amide bonds. The summed E-state index contributed by atoms with van der Waals surface area (Å²) < 4.78 is 23.2. The van der Waals surface area contributed by atoms with Crippen molar-refractivity contribution in [3.63, 3.8) is 0 Å².